The maximum absolute atomic E-state index is 10.8. The van der Waals surface area contributed by atoms with Crippen molar-refractivity contribution in [2.24, 2.45) is 0 Å². The molecule has 78 valence electrons. The summed E-state index contributed by atoms with van der Waals surface area (Å²) in [5.74, 6) is 0. The molecule has 0 heterocycles. The average Bonchev–Trinajstić information content (AvgIpc) is 2.15. The molecule has 3 nitrogen and oxygen atoms in total. The van der Waals surface area contributed by atoms with E-state index in [4.69, 9.17) is 4.55 Å². The van der Waals surface area contributed by atoms with E-state index in [1.54, 1.807) is 12.1 Å². The third kappa shape index (κ3) is 4.11. The Morgan fingerprint density at radius 3 is 2.47 bits per heavy atom. The summed E-state index contributed by atoms with van der Waals surface area (Å²) < 4.78 is 30.5. The second kappa shape index (κ2) is 6.29. The van der Waals surface area contributed by atoms with Crippen molar-refractivity contribution in [1.29, 1.82) is 0 Å². The van der Waals surface area contributed by atoms with Crippen LogP contribution in [-0.2, 0) is 16.5 Å². The number of aryl methyl sites for hydroxylation is 1. The van der Waals surface area contributed by atoms with E-state index < -0.39 is 10.1 Å². The van der Waals surface area contributed by atoms with Crippen molar-refractivity contribution in [3.05, 3.63) is 35.9 Å². The Morgan fingerprint density at radius 2 is 2.07 bits per heavy atom. The summed E-state index contributed by atoms with van der Waals surface area (Å²) in [5.41, 5.74) is 1.75. The molecule has 0 atom stereocenters. The van der Waals surface area contributed by atoms with Gasteiger partial charge in [0.05, 0.1) is 4.90 Å². The van der Waals surface area contributed by atoms with Crippen LogP contribution in [0.5, 0.6) is 0 Å². The SMILES string of the molecule is C=Cc1ccc(S(=O)(=O)O)cc1CC.[KH]. The van der Waals surface area contributed by atoms with Gasteiger partial charge >= 0.3 is 51.4 Å². The topological polar surface area (TPSA) is 54.4 Å². The molecule has 0 bridgehead atoms. The Morgan fingerprint density at radius 1 is 1.47 bits per heavy atom. The maximum atomic E-state index is 10.8. The van der Waals surface area contributed by atoms with Crippen LogP contribution < -0.4 is 0 Å². The molecular weight excluding hydrogens is 239 g/mol. The molecule has 15 heavy (non-hydrogen) atoms. The molecule has 0 amide bonds. The molecule has 1 rings (SSSR count). The molecule has 0 aromatic heterocycles. The van der Waals surface area contributed by atoms with Crippen molar-refractivity contribution in [3.8, 4) is 0 Å². The number of hydrogen-bond acceptors (Lipinski definition) is 2. The van der Waals surface area contributed by atoms with Gasteiger partial charge in [0.25, 0.3) is 10.1 Å². The molecule has 1 N–H and O–H groups in total. The number of benzene rings is 1. The third-order valence-corrected chi connectivity index (χ3v) is 2.86. The molecular formula is C10H13KO3S. The zero-order chi connectivity index (χ0) is 10.8. The first-order valence-corrected chi connectivity index (χ1v) is 5.66. The molecule has 0 unspecified atom stereocenters. The Kier molecular flexibility index (Phi) is 6.51. The van der Waals surface area contributed by atoms with E-state index >= 15 is 0 Å². The first-order valence-electron chi connectivity index (χ1n) is 4.22. The van der Waals surface area contributed by atoms with E-state index in [1.165, 1.54) is 12.1 Å². The van der Waals surface area contributed by atoms with E-state index in [0.29, 0.717) is 6.42 Å². The van der Waals surface area contributed by atoms with E-state index in [9.17, 15) is 8.42 Å². The first-order chi connectivity index (χ1) is 6.49. The van der Waals surface area contributed by atoms with Crippen molar-refractivity contribution in [1.82, 2.24) is 0 Å². The van der Waals surface area contributed by atoms with Gasteiger partial charge in [-0.2, -0.15) is 8.42 Å². The Bertz CT molecular complexity index is 452. The summed E-state index contributed by atoms with van der Waals surface area (Å²) in [4.78, 5) is -0.0695. The van der Waals surface area contributed by atoms with Gasteiger partial charge in [-0.1, -0.05) is 25.6 Å². The predicted molar refractivity (Wildman–Crippen MR) is 62.9 cm³/mol. The van der Waals surface area contributed by atoms with Gasteiger partial charge in [0.2, 0.25) is 0 Å². The summed E-state index contributed by atoms with van der Waals surface area (Å²) in [6.45, 7) is 5.53. The zero-order valence-electron chi connectivity index (χ0n) is 7.90. The van der Waals surface area contributed by atoms with Crippen LogP contribution in [0.2, 0.25) is 0 Å². The van der Waals surface area contributed by atoms with Crippen molar-refractivity contribution in [2.75, 3.05) is 0 Å². The van der Waals surface area contributed by atoms with Gasteiger partial charge in [0.15, 0.2) is 0 Å². The summed E-state index contributed by atoms with van der Waals surface area (Å²) in [6, 6.07) is 4.47. The molecule has 0 fully saturated rings. The average molecular weight is 252 g/mol. The third-order valence-electron chi connectivity index (χ3n) is 2.01. The monoisotopic (exact) mass is 252 g/mol. The molecule has 0 aliphatic heterocycles. The van der Waals surface area contributed by atoms with Crippen LogP contribution in [0.4, 0.5) is 0 Å². The van der Waals surface area contributed by atoms with Gasteiger partial charge in [-0.3, -0.25) is 4.55 Å². The fourth-order valence-electron chi connectivity index (χ4n) is 1.25. The Labute approximate surface area is 133 Å². The van der Waals surface area contributed by atoms with Crippen LogP contribution in [0.1, 0.15) is 18.1 Å². The number of hydrogen-bond donors (Lipinski definition) is 1. The van der Waals surface area contributed by atoms with Crippen LogP contribution in [0.25, 0.3) is 6.08 Å². The second-order valence-electron chi connectivity index (χ2n) is 2.89. The fourth-order valence-corrected chi connectivity index (χ4v) is 1.78. The molecule has 0 saturated carbocycles. The van der Waals surface area contributed by atoms with Crippen LogP contribution >= 0.6 is 0 Å². The van der Waals surface area contributed by atoms with Crippen LogP contribution in [-0.4, -0.2) is 64.4 Å². The van der Waals surface area contributed by atoms with Crippen LogP contribution in [0.3, 0.4) is 0 Å². The molecule has 0 saturated heterocycles. The van der Waals surface area contributed by atoms with Gasteiger partial charge in [0, 0.05) is 0 Å². The summed E-state index contributed by atoms with van der Waals surface area (Å²) >= 11 is 0. The fraction of sp³-hybridized carbons (Fsp3) is 0.200. The molecule has 1 aromatic rings. The van der Waals surface area contributed by atoms with Gasteiger partial charge < -0.3 is 0 Å². The minimum absolute atomic E-state index is 0. The zero-order valence-corrected chi connectivity index (χ0v) is 8.71. The molecule has 0 aliphatic rings. The normalized spacial score (nSPS) is 10.5. The van der Waals surface area contributed by atoms with Crippen molar-refractivity contribution in [2.45, 2.75) is 18.2 Å². The van der Waals surface area contributed by atoms with E-state index in [1.807, 2.05) is 6.92 Å². The van der Waals surface area contributed by atoms with Gasteiger partial charge in [0.1, 0.15) is 0 Å². The van der Waals surface area contributed by atoms with Crippen molar-refractivity contribution >= 4 is 67.6 Å². The van der Waals surface area contributed by atoms with E-state index in [2.05, 4.69) is 6.58 Å². The predicted octanol–water partition coefficient (Wildman–Crippen LogP) is 1.49. The van der Waals surface area contributed by atoms with Crippen molar-refractivity contribution < 1.29 is 13.0 Å². The van der Waals surface area contributed by atoms with Crippen LogP contribution in [0, 0.1) is 0 Å². The molecule has 0 spiro atoms. The van der Waals surface area contributed by atoms with E-state index in [0.717, 1.165) is 11.1 Å². The minimum atomic E-state index is -4.09. The quantitative estimate of drug-likeness (QED) is 0.655. The summed E-state index contributed by atoms with van der Waals surface area (Å²) in [6.07, 6.45) is 2.36. The second-order valence-corrected chi connectivity index (χ2v) is 4.31. The summed E-state index contributed by atoms with van der Waals surface area (Å²) in [7, 11) is -4.09. The van der Waals surface area contributed by atoms with Gasteiger partial charge in [-0.25, -0.2) is 0 Å². The van der Waals surface area contributed by atoms with Gasteiger partial charge in [-0.05, 0) is 29.7 Å². The van der Waals surface area contributed by atoms with Crippen molar-refractivity contribution in [3.63, 3.8) is 0 Å². The van der Waals surface area contributed by atoms with Crippen LogP contribution in [0.15, 0.2) is 29.7 Å². The first kappa shape index (κ1) is 15.5. The van der Waals surface area contributed by atoms with E-state index in [-0.39, 0.29) is 56.3 Å². The standard InChI is InChI=1S/C10H12O3S.K.H/c1-3-8-5-6-10(14(11,12)13)7-9(8)4-2;;/h3,5-7H,1,4H2,2H3,(H,11,12,13);;. The molecule has 1 aromatic carbocycles. The summed E-state index contributed by atoms with van der Waals surface area (Å²) in [5, 5.41) is 0. The Hall–Kier alpha value is 0.506. The molecule has 0 aliphatic carbocycles. The Balaban J connectivity index is 0.00000196. The number of rotatable bonds is 3. The molecule has 5 heteroatoms. The molecule has 0 radical (unpaired) electrons. The van der Waals surface area contributed by atoms with Gasteiger partial charge in [-0.15, -0.1) is 0 Å².